The zero-order valence-electron chi connectivity index (χ0n) is 19.4. The van der Waals surface area contributed by atoms with Gasteiger partial charge in [-0.05, 0) is 57.8 Å². The lowest BCUT2D eigenvalue weighted by molar-refractivity contribution is -0.137. The van der Waals surface area contributed by atoms with E-state index >= 15 is 0 Å². The molecule has 0 radical (unpaired) electrons. The minimum atomic E-state index is -0.897. The van der Waals surface area contributed by atoms with Crippen LogP contribution in [0.15, 0.2) is 12.2 Å². The number of hydrogen-bond acceptors (Lipinski definition) is 4. The monoisotopic (exact) mass is 423 g/mol. The molecule has 0 aromatic carbocycles. The van der Waals surface area contributed by atoms with E-state index in [1.807, 2.05) is 19.9 Å². The predicted octanol–water partition coefficient (Wildman–Crippen LogP) is 5.61. The molecular weight excluding hydrogens is 382 g/mol. The molecule has 1 heterocycles. The molecule has 2 fully saturated rings. The Labute approximate surface area is 182 Å². The first-order chi connectivity index (χ1) is 14.2. The highest BCUT2D eigenvalue weighted by atomic mass is 16.6. The Morgan fingerprint density at radius 2 is 1.90 bits per heavy atom. The Balaban J connectivity index is 2.13. The Hall–Kier alpha value is -1.56. The van der Waals surface area contributed by atoms with E-state index < -0.39 is 11.8 Å². The van der Waals surface area contributed by atoms with Gasteiger partial charge in [-0.25, -0.2) is 9.59 Å². The zero-order chi connectivity index (χ0) is 22.3. The van der Waals surface area contributed by atoms with Gasteiger partial charge in [-0.2, -0.15) is 0 Å². The Morgan fingerprint density at radius 1 is 1.23 bits per heavy atom. The molecule has 0 aromatic heterocycles. The molecule has 2 rings (SSSR count). The number of carbonyl (C=O) groups excluding carboxylic acids is 1. The van der Waals surface area contributed by atoms with Crippen molar-refractivity contribution in [2.45, 2.75) is 104 Å². The van der Waals surface area contributed by atoms with Gasteiger partial charge in [-0.3, -0.25) is 4.90 Å². The van der Waals surface area contributed by atoms with Crippen LogP contribution in [0.1, 0.15) is 86.0 Å². The van der Waals surface area contributed by atoms with Crippen molar-refractivity contribution in [1.82, 2.24) is 4.90 Å². The molecule has 172 valence electrons. The van der Waals surface area contributed by atoms with Crippen molar-refractivity contribution in [3.05, 3.63) is 12.2 Å². The summed E-state index contributed by atoms with van der Waals surface area (Å²) in [6.07, 6.45) is 10.9. The summed E-state index contributed by atoms with van der Waals surface area (Å²) in [6, 6.07) is -0.115. The van der Waals surface area contributed by atoms with Crippen LogP contribution in [0, 0.1) is 17.8 Å². The van der Waals surface area contributed by atoms with E-state index in [-0.39, 0.29) is 18.1 Å². The van der Waals surface area contributed by atoms with Crippen LogP contribution >= 0.6 is 0 Å². The molecule has 1 saturated carbocycles. The van der Waals surface area contributed by atoms with E-state index in [9.17, 15) is 14.7 Å². The summed E-state index contributed by atoms with van der Waals surface area (Å²) in [5, 5.41) is 9.95. The fraction of sp³-hybridized carbons (Fsp3) is 0.833. The highest BCUT2D eigenvalue weighted by Gasteiger charge is 2.50. The van der Waals surface area contributed by atoms with E-state index in [1.165, 1.54) is 38.2 Å². The highest BCUT2D eigenvalue weighted by Crippen LogP contribution is 2.41. The Kier molecular flexibility index (Phi) is 9.20. The predicted molar refractivity (Wildman–Crippen MR) is 117 cm³/mol. The molecule has 1 N–H and O–H groups in total. The lowest BCUT2D eigenvalue weighted by Crippen LogP contribution is -2.48. The number of nitrogens with zero attached hydrogens (tertiary/aromatic N) is 1. The molecule has 1 saturated heterocycles. The van der Waals surface area contributed by atoms with Crippen molar-refractivity contribution >= 4 is 12.1 Å². The van der Waals surface area contributed by atoms with Gasteiger partial charge in [-0.15, -0.1) is 0 Å². The molecule has 6 nitrogen and oxygen atoms in total. The van der Waals surface area contributed by atoms with Crippen LogP contribution in [0.25, 0.3) is 0 Å². The maximum atomic E-state index is 12.1. The molecule has 1 aliphatic heterocycles. The van der Waals surface area contributed by atoms with E-state index in [2.05, 4.69) is 13.8 Å². The van der Waals surface area contributed by atoms with Crippen molar-refractivity contribution in [3.8, 4) is 0 Å². The minimum absolute atomic E-state index is 0.115. The average molecular weight is 424 g/mol. The minimum Gasteiger partial charge on any atom is -0.465 e. The molecule has 0 spiro atoms. The first kappa shape index (κ1) is 24.7. The topological polar surface area (TPSA) is 76.1 Å². The molecule has 6 heteroatoms. The van der Waals surface area contributed by atoms with E-state index in [1.54, 1.807) is 11.8 Å². The van der Waals surface area contributed by atoms with Gasteiger partial charge < -0.3 is 14.6 Å². The number of allylic oxidation sites excluding steroid dienone is 1. The standard InChI is InChI=1S/C24H41NO5/c1-6-29-22(26)14-10-13-19(17(2)3)16-21-20(15-18-11-8-7-9-12-18)25(23(27)28)24(4,5)30-21/h10,14,17-21H,6-9,11-13,15-16H2,1-5H3,(H,27,28)/b14-10+/t19-,20+,21+/m1/s1. The molecule has 0 bridgehead atoms. The first-order valence-electron chi connectivity index (χ1n) is 11.7. The van der Waals surface area contributed by atoms with Crippen LogP contribution in [-0.2, 0) is 14.3 Å². The van der Waals surface area contributed by atoms with Crippen LogP contribution in [-0.4, -0.2) is 46.5 Å². The Morgan fingerprint density at radius 3 is 2.47 bits per heavy atom. The van der Waals surface area contributed by atoms with Gasteiger partial charge in [0.25, 0.3) is 0 Å². The highest BCUT2D eigenvalue weighted by molar-refractivity contribution is 5.81. The van der Waals surface area contributed by atoms with Gasteiger partial charge in [0.2, 0.25) is 0 Å². The van der Waals surface area contributed by atoms with Gasteiger partial charge in [0.1, 0.15) is 5.72 Å². The summed E-state index contributed by atoms with van der Waals surface area (Å²) >= 11 is 0. The van der Waals surface area contributed by atoms with E-state index in [0.29, 0.717) is 24.4 Å². The van der Waals surface area contributed by atoms with Gasteiger partial charge in [0.05, 0.1) is 18.8 Å². The van der Waals surface area contributed by atoms with Crippen molar-refractivity contribution in [2.75, 3.05) is 6.61 Å². The largest absolute Gasteiger partial charge is 0.465 e. The molecule has 1 amide bonds. The van der Waals surface area contributed by atoms with E-state index in [4.69, 9.17) is 9.47 Å². The SMILES string of the molecule is CCOC(=O)/C=C/C[C@H](C[C@@H]1OC(C)(C)N(C(=O)O)[C@H]1CC1CCCCC1)C(C)C. The first-order valence-corrected chi connectivity index (χ1v) is 11.7. The van der Waals surface area contributed by atoms with Crippen LogP contribution in [0.2, 0.25) is 0 Å². The third-order valence-electron chi connectivity index (χ3n) is 6.74. The summed E-state index contributed by atoms with van der Waals surface area (Å²) in [5.74, 6) is 0.967. The second-order valence-electron chi connectivity index (χ2n) is 9.69. The number of rotatable bonds is 9. The number of amides is 1. The van der Waals surface area contributed by atoms with Crippen LogP contribution in [0.5, 0.6) is 0 Å². The maximum Gasteiger partial charge on any atom is 0.409 e. The number of esters is 1. The van der Waals surface area contributed by atoms with Gasteiger partial charge in [0.15, 0.2) is 0 Å². The van der Waals surface area contributed by atoms with Crippen LogP contribution in [0.4, 0.5) is 4.79 Å². The normalized spacial score (nSPS) is 25.7. The third-order valence-corrected chi connectivity index (χ3v) is 6.74. The molecule has 30 heavy (non-hydrogen) atoms. The summed E-state index contributed by atoms with van der Waals surface area (Å²) < 4.78 is 11.3. The summed E-state index contributed by atoms with van der Waals surface area (Å²) in [4.78, 5) is 25.3. The van der Waals surface area contributed by atoms with Gasteiger partial charge in [-0.1, -0.05) is 52.0 Å². The quantitative estimate of drug-likeness (QED) is 0.385. The molecular formula is C24H41NO5. The van der Waals surface area contributed by atoms with Crippen molar-refractivity contribution in [2.24, 2.45) is 17.8 Å². The fourth-order valence-corrected chi connectivity index (χ4v) is 5.14. The average Bonchev–Trinajstić information content (AvgIpc) is 2.91. The summed E-state index contributed by atoms with van der Waals surface area (Å²) in [6.45, 7) is 10.2. The fourth-order valence-electron chi connectivity index (χ4n) is 5.14. The lowest BCUT2D eigenvalue weighted by atomic mass is 9.80. The van der Waals surface area contributed by atoms with Crippen molar-refractivity contribution in [1.29, 1.82) is 0 Å². The zero-order valence-corrected chi connectivity index (χ0v) is 19.4. The van der Waals surface area contributed by atoms with Crippen LogP contribution < -0.4 is 0 Å². The molecule has 2 aliphatic rings. The van der Waals surface area contributed by atoms with Crippen molar-refractivity contribution < 1.29 is 24.2 Å². The number of carbonyl (C=O) groups is 2. The Bertz CT molecular complexity index is 594. The smallest absolute Gasteiger partial charge is 0.409 e. The number of carboxylic acid groups (broad SMARTS) is 1. The number of ether oxygens (including phenoxy) is 2. The second-order valence-corrected chi connectivity index (χ2v) is 9.69. The summed E-state index contributed by atoms with van der Waals surface area (Å²) in [7, 11) is 0. The third kappa shape index (κ3) is 6.73. The second kappa shape index (κ2) is 11.2. The molecule has 1 aliphatic carbocycles. The van der Waals surface area contributed by atoms with Crippen LogP contribution in [0.3, 0.4) is 0 Å². The van der Waals surface area contributed by atoms with Gasteiger partial charge >= 0.3 is 12.1 Å². The van der Waals surface area contributed by atoms with Gasteiger partial charge in [0, 0.05) is 6.08 Å². The molecule has 0 aromatic rings. The molecule has 3 atom stereocenters. The maximum absolute atomic E-state index is 12.1. The lowest BCUT2D eigenvalue weighted by Gasteiger charge is -2.34. The summed E-state index contributed by atoms with van der Waals surface area (Å²) in [5.41, 5.74) is -0.821. The molecule has 0 unspecified atom stereocenters. The number of hydrogen-bond donors (Lipinski definition) is 1. The van der Waals surface area contributed by atoms with Crippen molar-refractivity contribution in [3.63, 3.8) is 0 Å². The van der Waals surface area contributed by atoms with E-state index in [0.717, 1.165) is 19.3 Å².